The van der Waals surface area contributed by atoms with Gasteiger partial charge in [0.25, 0.3) is 6.57 Å². The third-order valence-electron chi connectivity index (χ3n) is 1.15. The second kappa shape index (κ2) is 5.23. The van der Waals surface area contributed by atoms with Gasteiger partial charge in [0.05, 0.1) is 6.10 Å². The van der Waals surface area contributed by atoms with E-state index < -0.39 is 6.57 Å². The van der Waals surface area contributed by atoms with Gasteiger partial charge in [-0.2, -0.15) is 0 Å². The van der Waals surface area contributed by atoms with Crippen LogP contribution in [0.3, 0.4) is 0 Å². The van der Waals surface area contributed by atoms with Crippen LogP contribution in [0.5, 0.6) is 0 Å². The molecule has 11 heavy (non-hydrogen) atoms. The zero-order valence-corrected chi connectivity index (χ0v) is 9.37. The third kappa shape index (κ3) is 4.89. The Balaban J connectivity index is 4.00. The summed E-state index contributed by atoms with van der Waals surface area (Å²) in [5.74, 6) is 0. The normalized spacial score (nSPS) is 16.8. The minimum Gasteiger partial charge on any atom is -0.318 e. The molecule has 0 heterocycles. The van der Waals surface area contributed by atoms with E-state index in [0.717, 1.165) is 6.42 Å². The Morgan fingerprint density at radius 3 is 2.36 bits per heavy atom. The van der Waals surface area contributed by atoms with Gasteiger partial charge in [0.1, 0.15) is 0 Å². The molecular formula is C7H17O2PS. The van der Waals surface area contributed by atoms with Crippen molar-refractivity contribution in [3.63, 3.8) is 0 Å². The van der Waals surface area contributed by atoms with E-state index in [1.54, 1.807) is 0 Å². The van der Waals surface area contributed by atoms with Crippen molar-refractivity contribution in [3.05, 3.63) is 0 Å². The van der Waals surface area contributed by atoms with Crippen LogP contribution in [0.2, 0.25) is 0 Å². The topological polar surface area (TPSA) is 26.3 Å². The zero-order chi connectivity index (χ0) is 8.91. The van der Waals surface area contributed by atoms with Gasteiger partial charge in [-0.15, -0.1) is 0 Å². The van der Waals surface area contributed by atoms with Crippen LogP contribution < -0.4 is 0 Å². The Morgan fingerprint density at radius 1 is 1.55 bits per heavy atom. The summed E-state index contributed by atoms with van der Waals surface area (Å²) < 4.78 is 17.1. The molecule has 0 spiro atoms. The molecule has 1 unspecified atom stereocenters. The highest BCUT2D eigenvalue weighted by atomic mass is 32.7. The van der Waals surface area contributed by atoms with E-state index in [4.69, 9.17) is 4.52 Å². The lowest BCUT2D eigenvalue weighted by atomic mass is 10.5. The van der Waals surface area contributed by atoms with E-state index >= 15 is 0 Å². The largest absolute Gasteiger partial charge is 0.318 e. The third-order valence-corrected chi connectivity index (χ3v) is 5.92. The Labute approximate surface area is 73.3 Å². The monoisotopic (exact) mass is 196 g/mol. The molecule has 0 aliphatic heterocycles. The Bertz CT molecular complexity index is 147. The van der Waals surface area contributed by atoms with Gasteiger partial charge in [-0.1, -0.05) is 18.3 Å². The number of rotatable bonds is 5. The molecule has 0 amide bonds. The first-order valence-corrected chi connectivity index (χ1v) is 7.51. The van der Waals surface area contributed by atoms with E-state index in [9.17, 15) is 4.57 Å². The molecule has 0 fully saturated rings. The highest BCUT2D eigenvalue weighted by Crippen LogP contribution is 2.59. The zero-order valence-electron chi connectivity index (χ0n) is 7.66. The summed E-state index contributed by atoms with van der Waals surface area (Å²) in [4.78, 5) is 0. The van der Waals surface area contributed by atoms with Gasteiger partial charge >= 0.3 is 0 Å². The lowest BCUT2D eigenvalue weighted by molar-refractivity contribution is 0.252. The van der Waals surface area contributed by atoms with Gasteiger partial charge in [0.2, 0.25) is 0 Å². The first-order valence-electron chi connectivity index (χ1n) is 3.87. The first-order chi connectivity index (χ1) is 5.04. The van der Waals surface area contributed by atoms with Gasteiger partial charge in [-0.25, -0.2) is 0 Å². The van der Waals surface area contributed by atoms with Crippen LogP contribution in [0.15, 0.2) is 0 Å². The summed E-state index contributed by atoms with van der Waals surface area (Å²) in [5, 5.41) is 0. The van der Waals surface area contributed by atoms with Crippen molar-refractivity contribution in [2.75, 3.05) is 12.4 Å². The molecule has 0 bridgehead atoms. The molecule has 68 valence electrons. The highest BCUT2D eigenvalue weighted by molar-refractivity contribution is 8.56. The van der Waals surface area contributed by atoms with Crippen molar-refractivity contribution in [2.45, 2.75) is 33.3 Å². The van der Waals surface area contributed by atoms with E-state index in [0.29, 0.717) is 6.16 Å². The average molecular weight is 196 g/mol. The molecule has 0 saturated carbocycles. The molecule has 0 N–H and O–H groups in total. The molecular weight excluding hydrogens is 179 g/mol. The molecule has 4 heteroatoms. The van der Waals surface area contributed by atoms with Crippen molar-refractivity contribution < 1.29 is 9.09 Å². The van der Waals surface area contributed by atoms with Gasteiger partial charge < -0.3 is 4.52 Å². The highest BCUT2D eigenvalue weighted by Gasteiger charge is 2.21. The average Bonchev–Trinajstić information content (AvgIpc) is 1.87. The van der Waals surface area contributed by atoms with E-state index in [-0.39, 0.29) is 6.10 Å². The smallest absolute Gasteiger partial charge is 0.257 e. The predicted molar refractivity (Wildman–Crippen MR) is 52.5 cm³/mol. The summed E-state index contributed by atoms with van der Waals surface area (Å²) in [5.41, 5.74) is 0. The van der Waals surface area contributed by atoms with E-state index in [2.05, 4.69) is 0 Å². The summed E-state index contributed by atoms with van der Waals surface area (Å²) in [6, 6.07) is 0. The van der Waals surface area contributed by atoms with Crippen molar-refractivity contribution in [2.24, 2.45) is 0 Å². The van der Waals surface area contributed by atoms with Crippen molar-refractivity contribution in [1.29, 1.82) is 0 Å². The molecule has 0 rings (SSSR count). The fourth-order valence-electron chi connectivity index (χ4n) is 0.782. The van der Waals surface area contributed by atoms with Crippen molar-refractivity contribution in [1.82, 2.24) is 0 Å². The minimum atomic E-state index is -2.34. The van der Waals surface area contributed by atoms with Crippen LogP contribution in [0, 0.1) is 0 Å². The van der Waals surface area contributed by atoms with Crippen LogP contribution in [0.25, 0.3) is 0 Å². The second-order valence-corrected chi connectivity index (χ2v) is 7.68. The van der Waals surface area contributed by atoms with Crippen LogP contribution in [-0.2, 0) is 9.09 Å². The molecule has 0 radical (unpaired) electrons. The Kier molecular flexibility index (Phi) is 5.49. The van der Waals surface area contributed by atoms with Crippen molar-refractivity contribution >= 4 is 18.0 Å². The second-order valence-electron chi connectivity index (χ2n) is 2.67. The van der Waals surface area contributed by atoms with E-state index in [1.165, 1.54) is 11.4 Å². The van der Waals surface area contributed by atoms with E-state index in [1.807, 2.05) is 27.0 Å². The molecule has 0 aliphatic carbocycles. The fourth-order valence-corrected chi connectivity index (χ4v) is 4.22. The standard InChI is InChI=1S/C7H17O2PS/c1-5-6-10(8,11-4)9-7(2)3/h7H,5-6H2,1-4H3. The van der Waals surface area contributed by atoms with Gasteiger partial charge in [0, 0.05) is 6.16 Å². The number of hydrogen-bond donors (Lipinski definition) is 0. The maximum Gasteiger partial charge on any atom is 0.257 e. The molecule has 0 aliphatic rings. The van der Waals surface area contributed by atoms with Gasteiger partial charge in [-0.05, 0) is 26.5 Å². The predicted octanol–water partition coefficient (Wildman–Crippen LogP) is 3.38. The lowest BCUT2D eigenvalue weighted by Gasteiger charge is -2.17. The van der Waals surface area contributed by atoms with Crippen molar-refractivity contribution in [3.8, 4) is 0 Å². The van der Waals surface area contributed by atoms with Crippen LogP contribution in [0.1, 0.15) is 27.2 Å². The lowest BCUT2D eigenvalue weighted by Crippen LogP contribution is -2.00. The Hall–Kier alpha value is 0.540. The summed E-state index contributed by atoms with van der Waals surface area (Å²) >= 11 is 1.36. The van der Waals surface area contributed by atoms with Gasteiger partial charge in [-0.3, -0.25) is 4.57 Å². The summed E-state index contributed by atoms with van der Waals surface area (Å²) in [7, 11) is 0. The first kappa shape index (κ1) is 11.5. The maximum absolute atomic E-state index is 11.7. The van der Waals surface area contributed by atoms with Crippen LogP contribution >= 0.6 is 18.0 Å². The Morgan fingerprint density at radius 2 is 2.09 bits per heavy atom. The SMILES string of the molecule is CCCP(=O)(OC(C)C)SC. The molecule has 1 atom stereocenters. The fraction of sp³-hybridized carbons (Fsp3) is 1.00. The summed E-state index contributed by atoms with van der Waals surface area (Å²) in [6.07, 6.45) is 3.52. The minimum absolute atomic E-state index is 0.0693. The molecule has 0 saturated heterocycles. The number of hydrogen-bond acceptors (Lipinski definition) is 3. The molecule has 0 aromatic rings. The molecule has 0 aromatic heterocycles. The van der Waals surface area contributed by atoms with Crippen LogP contribution in [0.4, 0.5) is 0 Å². The maximum atomic E-state index is 11.7. The quantitative estimate of drug-likeness (QED) is 0.630. The molecule has 0 aromatic carbocycles. The van der Waals surface area contributed by atoms with Crippen LogP contribution in [-0.4, -0.2) is 18.5 Å². The summed E-state index contributed by atoms with van der Waals surface area (Å²) in [6.45, 7) is 3.51. The molecule has 2 nitrogen and oxygen atoms in total. The van der Waals surface area contributed by atoms with Gasteiger partial charge in [0.15, 0.2) is 0 Å².